The minimum Gasteiger partial charge on any atom is -0.493 e. The fourth-order valence-corrected chi connectivity index (χ4v) is 6.37. The Morgan fingerprint density at radius 1 is 1.07 bits per heavy atom. The van der Waals surface area contributed by atoms with Crippen molar-refractivity contribution in [2.45, 2.75) is 25.4 Å². The predicted molar refractivity (Wildman–Crippen MR) is 175 cm³/mol. The van der Waals surface area contributed by atoms with Crippen LogP contribution in [0.15, 0.2) is 61.1 Å². The Balaban J connectivity index is 1.33. The highest BCUT2D eigenvalue weighted by Crippen LogP contribution is 2.38. The van der Waals surface area contributed by atoms with Gasteiger partial charge in [-0.1, -0.05) is 24.3 Å². The number of allylic oxidation sites excluding steroid dienone is 1. The van der Waals surface area contributed by atoms with Crippen LogP contribution in [0, 0.1) is 0 Å². The highest BCUT2D eigenvalue weighted by atomic mass is 16.5. The highest BCUT2D eigenvalue weighted by Gasteiger charge is 2.32. The second-order valence-electron chi connectivity index (χ2n) is 11.5. The van der Waals surface area contributed by atoms with Gasteiger partial charge in [-0.05, 0) is 35.2 Å². The van der Waals surface area contributed by atoms with Gasteiger partial charge in [0.15, 0.2) is 17.3 Å². The second-order valence-corrected chi connectivity index (χ2v) is 11.5. The summed E-state index contributed by atoms with van der Waals surface area (Å²) in [4.78, 5) is 26.7. The molecule has 240 valence electrons. The number of aryl methyl sites for hydroxylation is 1. The molecular weight excluding hydrogens is 584 g/mol. The number of carbonyl (C=O) groups excluding carboxylic acids is 1. The molecule has 12 nitrogen and oxygen atoms in total. The molecule has 46 heavy (non-hydrogen) atoms. The molecule has 2 aromatic heterocycles. The molecule has 1 unspecified atom stereocenters. The number of rotatable bonds is 10. The molecule has 12 heteroatoms. The predicted octanol–water partition coefficient (Wildman–Crippen LogP) is 3.16. The van der Waals surface area contributed by atoms with E-state index < -0.39 is 0 Å². The van der Waals surface area contributed by atoms with Gasteiger partial charge in [-0.25, -0.2) is 4.98 Å². The number of morpholine rings is 1. The van der Waals surface area contributed by atoms with Crippen LogP contribution < -0.4 is 20.9 Å². The highest BCUT2D eigenvalue weighted by molar-refractivity contribution is 6.07. The Morgan fingerprint density at radius 2 is 1.87 bits per heavy atom. The normalized spacial score (nSPS) is 16.8. The first kappa shape index (κ1) is 31.1. The number of benzene rings is 2. The first-order valence-electron chi connectivity index (χ1n) is 15.3. The number of fused-ring (bicyclic) bond motifs is 1. The van der Waals surface area contributed by atoms with Crippen LogP contribution in [0.25, 0.3) is 0 Å². The number of hydrogen-bond acceptors (Lipinski definition) is 11. The van der Waals surface area contributed by atoms with E-state index in [9.17, 15) is 4.79 Å². The minimum atomic E-state index is -0.213. The van der Waals surface area contributed by atoms with Gasteiger partial charge in [-0.2, -0.15) is 10.1 Å². The lowest BCUT2D eigenvalue weighted by Gasteiger charge is -2.38. The Labute approximate surface area is 268 Å². The number of ketones is 1. The molecule has 1 saturated heterocycles. The van der Waals surface area contributed by atoms with Crippen LogP contribution in [0.2, 0.25) is 0 Å². The molecule has 1 fully saturated rings. The number of nitrogen functional groups attached to an aromatic ring is 2. The van der Waals surface area contributed by atoms with Gasteiger partial charge in [-0.3, -0.25) is 14.4 Å². The zero-order valence-electron chi connectivity index (χ0n) is 26.5. The van der Waals surface area contributed by atoms with Crippen molar-refractivity contribution in [3.05, 3.63) is 100 Å². The van der Waals surface area contributed by atoms with Crippen LogP contribution in [0.1, 0.15) is 49.9 Å². The van der Waals surface area contributed by atoms with Crippen LogP contribution in [-0.2, 0) is 31.2 Å². The molecule has 4 heterocycles. The second kappa shape index (κ2) is 13.6. The maximum atomic E-state index is 13.9. The molecule has 0 amide bonds. The van der Waals surface area contributed by atoms with Gasteiger partial charge in [0, 0.05) is 69.2 Å². The molecule has 4 N–H and O–H groups in total. The summed E-state index contributed by atoms with van der Waals surface area (Å²) in [6.07, 6.45) is 8.32. The first-order valence-corrected chi connectivity index (χ1v) is 15.3. The van der Waals surface area contributed by atoms with Crippen molar-refractivity contribution in [3.8, 4) is 11.5 Å². The number of nitrogens with two attached hydrogens (primary N) is 2. The van der Waals surface area contributed by atoms with Crippen molar-refractivity contribution in [1.82, 2.24) is 29.5 Å². The summed E-state index contributed by atoms with van der Waals surface area (Å²) in [7, 11) is 5.06. The van der Waals surface area contributed by atoms with E-state index in [1.807, 2.05) is 30.2 Å². The van der Waals surface area contributed by atoms with Gasteiger partial charge in [0.05, 0.1) is 50.9 Å². The third kappa shape index (κ3) is 6.40. The van der Waals surface area contributed by atoms with Gasteiger partial charge in [0.2, 0.25) is 5.95 Å². The number of nitrogens with zero attached hydrogens (tertiary/aromatic N) is 6. The lowest BCUT2D eigenvalue weighted by atomic mass is 9.89. The Bertz CT molecular complexity index is 1750. The molecule has 0 radical (unpaired) electrons. The molecule has 4 aromatic rings. The average Bonchev–Trinajstić information content (AvgIpc) is 3.43. The fourth-order valence-electron chi connectivity index (χ4n) is 6.37. The Morgan fingerprint density at radius 3 is 2.63 bits per heavy atom. The maximum absolute atomic E-state index is 13.9. The van der Waals surface area contributed by atoms with Crippen LogP contribution >= 0.6 is 0 Å². The maximum Gasteiger partial charge on any atom is 0.221 e. The van der Waals surface area contributed by atoms with Crippen LogP contribution in [0.4, 0.5) is 11.8 Å². The number of aromatic nitrogens is 4. The summed E-state index contributed by atoms with van der Waals surface area (Å²) < 4.78 is 18.8. The van der Waals surface area contributed by atoms with E-state index in [0.717, 1.165) is 57.1 Å². The smallest absolute Gasteiger partial charge is 0.221 e. The van der Waals surface area contributed by atoms with E-state index in [1.54, 1.807) is 25.4 Å². The van der Waals surface area contributed by atoms with Crippen molar-refractivity contribution in [3.63, 3.8) is 0 Å². The lowest BCUT2D eigenvalue weighted by molar-refractivity contribution is 0.0339. The first-order chi connectivity index (χ1) is 22.4. The van der Waals surface area contributed by atoms with E-state index in [4.69, 9.17) is 30.8 Å². The zero-order chi connectivity index (χ0) is 32.2. The summed E-state index contributed by atoms with van der Waals surface area (Å²) in [5.41, 5.74) is 18.4. The molecule has 2 aliphatic rings. The summed E-state index contributed by atoms with van der Waals surface area (Å²) >= 11 is 0. The van der Waals surface area contributed by atoms with Gasteiger partial charge in [0.25, 0.3) is 0 Å². The van der Waals surface area contributed by atoms with Crippen LogP contribution in [-0.4, -0.2) is 82.4 Å². The largest absolute Gasteiger partial charge is 0.493 e. The van der Waals surface area contributed by atoms with Crippen molar-refractivity contribution in [1.29, 1.82) is 0 Å². The number of ether oxygens (including phenoxy) is 3. The Hall–Kier alpha value is -4.94. The number of carbonyl (C=O) groups is 1. The van der Waals surface area contributed by atoms with E-state index >= 15 is 0 Å². The van der Waals surface area contributed by atoms with Gasteiger partial charge in [-0.15, -0.1) is 0 Å². The summed E-state index contributed by atoms with van der Waals surface area (Å²) in [5, 5.41) is 4.69. The average molecular weight is 625 g/mol. The molecule has 0 saturated carbocycles. The van der Waals surface area contributed by atoms with Gasteiger partial charge >= 0.3 is 0 Å². The molecular formula is C34H40N8O4. The quantitative estimate of drug-likeness (QED) is 0.198. The summed E-state index contributed by atoms with van der Waals surface area (Å²) in [6, 6.07) is 12.0. The van der Waals surface area contributed by atoms with Crippen molar-refractivity contribution in [2.75, 3.05) is 58.5 Å². The van der Waals surface area contributed by atoms with Gasteiger partial charge < -0.3 is 30.6 Å². The number of hydrogen-bond donors (Lipinski definition) is 2. The standard InChI is InChI=1S/C34H40N8O4/c1-40-30(25(20-38-40)21-41-12-14-46-15-13-41)31-26-7-5-4-6-23(26)8-10-42(31)11-9-28(43)27-17-22(18-29(44-2)32(27)45-3)16-24-19-37-34(36)39-33(24)35/h4-7,9,11,17-20,31H,8,10,12-16,21H2,1-3H3,(H4,35,36,37,39)/b11-9+. The fraction of sp³-hybridized carbons (Fsp3) is 0.353. The molecule has 0 aliphatic carbocycles. The van der Waals surface area contributed by atoms with Crippen molar-refractivity contribution < 1.29 is 19.0 Å². The van der Waals surface area contributed by atoms with Crippen molar-refractivity contribution in [2.24, 2.45) is 7.05 Å². The minimum absolute atomic E-state index is 0.104. The summed E-state index contributed by atoms with van der Waals surface area (Å²) in [6.45, 7) is 4.76. The van der Waals surface area contributed by atoms with Crippen LogP contribution in [0.5, 0.6) is 11.5 Å². The lowest BCUT2D eigenvalue weighted by Crippen LogP contribution is -2.37. The topological polar surface area (TPSA) is 147 Å². The molecule has 2 aromatic carbocycles. The van der Waals surface area contributed by atoms with Crippen LogP contribution in [0.3, 0.4) is 0 Å². The van der Waals surface area contributed by atoms with E-state index in [2.05, 4.69) is 44.0 Å². The zero-order valence-corrected chi connectivity index (χ0v) is 26.5. The molecule has 2 aliphatic heterocycles. The monoisotopic (exact) mass is 624 g/mol. The van der Waals surface area contributed by atoms with E-state index in [1.165, 1.54) is 23.8 Å². The molecule has 0 bridgehead atoms. The third-order valence-electron chi connectivity index (χ3n) is 8.67. The SMILES string of the molecule is COc1cc(Cc2cnc(N)nc2N)cc(C(=O)/C=C/N2CCc3ccccc3C2c2c(CN3CCOCC3)cnn2C)c1OC. The van der Waals surface area contributed by atoms with E-state index in [0.29, 0.717) is 29.0 Å². The Kier molecular flexibility index (Phi) is 9.18. The molecule has 1 atom stereocenters. The number of methoxy groups -OCH3 is 2. The summed E-state index contributed by atoms with van der Waals surface area (Å²) in [5.74, 6) is 0.985. The van der Waals surface area contributed by atoms with Gasteiger partial charge in [0.1, 0.15) is 5.82 Å². The van der Waals surface area contributed by atoms with Crippen molar-refractivity contribution >= 4 is 17.5 Å². The van der Waals surface area contributed by atoms with E-state index in [-0.39, 0.29) is 23.6 Å². The number of anilines is 2. The molecule has 0 spiro atoms. The molecule has 6 rings (SSSR count). The third-order valence-corrected chi connectivity index (χ3v) is 8.67.